The van der Waals surface area contributed by atoms with Crippen molar-refractivity contribution in [2.24, 2.45) is 0 Å². The van der Waals surface area contributed by atoms with E-state index in [-0.39, 0.29) is 10.9 Å². The van der Waals surface area contributed by atoms with E-state index in [9.17, 15) is 21.6 Å². The first-order chi connectivity index (χ1) is 15.2. The maximum Gasteiger partial charge on any atom is 0.416 e. The Hall–Kier alpha value is -3.66. The highest BCUT2D eigenvalue weighted by Crippen LogP contribution is 2.32. The van der Waals surface area contributed by atoms with Crippen molar-refractivity contribution in [2.45, 2.75) is 17.1 Å². The lowest BCUT2D eigenvalue weighted by atomic mass is 10.1. The van der Waals surface area contributed by atoms with Gasteiger partial charge < -0.3 is 4.98 Å². The van der Waals surface area contributed by atoms with Gasteiger partial charge in [0.25, 0.3) is 0 Å². The number of nitrogens with one attached hydrogen (secondary N) is 1. The Balaban J connectivity index is 1.55. The lowest BCUT2D eigenvalue weighted by Crippen LogP contribution is -2.08. The highest BCUT2D eigenvalue weighted by atomic mass is 32.2. The molecule has 32 heavy (non-hydrogen) atoms. The summed E-state index contributed by atoms with van der Waals surface area (Å²) < 4.78 is 66.9. The Labute approximate surface area is 180 Å². The summed E-state index contributed by atoms with van der Waals surface area (Å²) in [6.45, 7) is 0. The second kappa shape index (κ2) is 7.20. The van der Waals surface area contributed by atoms with Crippen molar-refractivity contribution in [3.63, 3.8) is 0 Å². The van der Waals surface area contributed by atoms with Gasteiger partial charge >= 0.3 is 6.18 Å². The van der Waals surface area contributed by atoms with Crippen LogP contribution in [0.1, 0.15) is 11.1 Å². The van der Waals surface area contributed by atoms with E-state index in [0.29, 0.717) is 33.5 Å². The van der Waals surface area contributed by atoms with Crippen LogP contribution in [0, 0.1) is 0 Å². The molecule has 2 aromatic carbocycles. The number of H-pyrrole nitrogens is 1. The molecular weight excluding hydrogens is 441 g/mol. The lowest BCUT2D eigenvalue weighted by Gasteiger charge is -2.09. The van der Waals surface area contributed by atoms with Gasteiger partial charge in [-0.15, -0.1) is 0 Å². The van der Waals surface area contributed by atoms with Crippen molar-refractivity contribution >= 4 is 26.5 Å². The fraction of sp³-hybridized carbons (Fsp3) is 0.0909. The highest BCUT2D eigenvalue weighted by molar-refractivity contribution is 7.90. The molecule has 5 aromatic rings. The molecule has 10 heteroatoms. The number of nitrogens with zero attached hydrogens (tertiary/aromatic N) is 3. The fourth-order valence-electron chi connectivity index (χ4n) is 3.60. The topological polar surface area (TPSA) is 80.1 Å². The van der Waals surface area contributed by atoms with Gasteiger partial charge in [-0.2, -0.15) is 13.2 Å². The van der Waals surface area contributed by atoms with Crippen LogP contribution in [0.15, 0.2) is 78.2 Å². The number of imidazole rings is 2. The van der Waals surface area contributed by atoms with Gasteiger partial charge in [0.15, 0.2) is 0 Å². The molecule has 162 valence electrons. The molecule has 0 amide bonds. The average molecular weight is 456 g/mol. The summed E-state index contributed by atoms with van der Waals surface area (Å²) in [7, 11) is -3.82. The van der Waals surface area contributed by atoms with Crippen molar-refractivity contribution in [1.82, 2.24) is 19.4 Å². The van der Waals surface area contributed by atoms with E-state index in [4.69, 9.17) is 0 Å². The number of para-hydroxylation sites is 2. The Morgan fingerprint density at radius 1 is 1.00 bits per heavy atom. The second-order valence-electron chi connectivity index (χ2n) is 7.27. The quantitative estimate of drug-likeness (QED) is 0.418. The number of aromatic nitrogens is 4. The second-order valence-corrected chi connectivity index (χ2v) is 9.17. The van der Waals surface area contributed by atoms with E-state index in [2.05, 4.69) is 15.0 Å². The summed E-state index contributed by atoms with van der Waals surface area (Å²) in [6, 6.07) is 15.2. The average Bonchev–Trinajstić information content (AvgIpc) is 3.38. The van der Waals surface area contributed by atoms with Crippen molar-refractivity contribution in [3.8, 4) is 11.3 Å². The third-order valence-electron chi connectivity index (χ3n) is 5.11. The minimum atomic E-state index is -4.47. The van der Waals surface area contributed by atoms with Gasteiger partial charge in [0.2, 0.25) is 15.0 Å². The molecule has 0 radical (unpaired) electrons. The summed E-state index contributed by atoms with van der Waals surface area (Å²) in [4.78, 5) is 11.3. The number of aromatic amines is 1. The number of halogens is 3. The van der Waals surface area contributed by atoms with Crippen LogP contribution in [-0.4, -0.2) is 27.8 Å². The lowest BCUT2D eigenvalue weighted by molar-refractivity contribution is -0.137. The minimum Gasteiger partial charge on any atom is -0.329 e. The van der Waals surface area contributed by atoms with Gasteiger partial charge in [-0.1, -0.05) is 30.3 Å². The zero-order chi connectivity index (χ0) is 22.5. The Morgan fingerprint density at radius 3 is 2.59 bits per heavy atom. The van der Waals surface area contributed by atoms with Crippen LogP contribution in [0.4, 0.5) is 13.2 Å². The zero-order valence-electron chi connectivity index (χ0n) is 16.3. The number of hydrogen-bond donors (Lipinski definition) is 1. The smallest absolute Gasteiger partial charge is 0.329 e. The molecule has 6 nitrogen and oxygen atoms in total. The maximum absolute atomic E-state index is 13.1. The molecule has 0 saturated carbocycles. The summed E-state index contributed by atoms with van der Waals surface area (Å²) in [5, 5.41) is -0.148. The van der Waals surface area contributed by atoms with Crippen molar-refractivity contribution in [1.29, 1.82) is 0 Å². The van der Waals surface area contributed by atoms with Crippen molar-refractivity contribution in [3.05, 3.63) is 84.2 Å². The van der Waals surface area contributed by atoms with E-state index in [0.717, 1.165) is 12.1 Å². The standard InChI is InChI=1S/C22H15F3N4O2S/c23-22(24,25)16-7-3-5-14(11-16)19-12-26-20-15(6-4-10-29(19)20)13-32(30,31)21-27-17-8-1-2-9-18(17)28-21/h1-12H,13H2,(H,27,28). The first-order valence-electron chi connectivity index (χ1n) is 9.52. The zero-order valence-corrected chi connectivity index (χ0v) is 17.2. The molecule has 0 aliphatic heterocycles. The number of fused-ring (bicyclic) bond motifs is 2. The third-order valence-corrected chi connectivity index (χ3v) is 6.58. The predicted octanol–water partition coefficient (Wildman–Crippen LogP) is 4.87. The number of rotatable bonds is 4. The molecule has 3 aromatic heterocycles. The van der Waals surface area contributed by atoms with Crippen molar-refractivity contribution < 1.29 is 21.6 Å². The Kier molecular flexibility index (Phi) is 4.55. The molecule has 1 N–H and O–H groups in total. The number of hydrogen-bond acceptors (Lipinski definition) is 4. The van der Waals surface area contributed by atoms with Gasteiger partial charge in [0, 0.05) is 17.3 Å². The van der Waals surface area contributed by atoms with Crippen LogP contribution >= 0.6 is 0 Å². The van der Waals surface area contributed by atoms with Crippen LogP contribution in [0.25, 0.3) is 27.9 Å². The number of alkyl halides is 3. The van der Waals surface area contributed by atoms with Crippen LogP contribution < -0.4 is 0 Å². The van der Waals surface area contributed by atoms with Crippen molar-refractivity contribution in [2.75, 3.05) is 0 Å². The molecule has 0 unspecified atom stereocenters. The minimum absolute atomic E-state index is 0.148. The molecule has 0 aliphatic carbocycles. The summed E-state index contributed by atoms with van der Waals surface area (Å²) >= 11 is 0. The van der Waals surface area contributed by atoms with Gasteiger partial charge in [0.05, 0.1) is 34.2 Å². The molecule has 0 atom stereocenters. The van der Waals surface area contributed by atoms with E-state index in [1.54, 1.807) is 53.1 Å². The third kappa shape index (κ3) is 3.52. The molecular formula is C22H15F3N4O2S. The van der Waals surface area contributed by atoms with Crippen LogP contribution in [-0.2, 0) is 21.8 Å². The summed E-state index contributed by atoms with van der Waals surface area (Å²) in [5.41, 5.74) is 1.88. The normalized spacial score (nSPS) is 12.6. The van der Waals surface area contributed by atoms with Gasteiger partial charge in [-0.05, 0) is 30.3 Å². The highest BCUT2D eigenvalue weighted by Gasteiger charge is 2.30. The monoisotopic (exact) mass is 456 g/mol. The Morgan fingerprint density at radius 2 is 1.81 bits per heavy atom. The molecule has 0 saturated heterocycles. The molecule has 0 fully saturated rings. The molecule has 0 aliphatic rings. The SMILES string of the molecule is O=S(=O)(Cc1cccn2c(-c3cccc(C(F)(F)F)c3)cnc12)c1nc2ccccc2[nH]1. The number of benzene rings is 2. The largest absolute Gasteiger partial charge is 0.416 e. The van der Waals surface area contributed by atoms with Gasteiger partial charge in [0.1, 0.15) is 5.65 Å². The molecule has 0 bridgehead atoms. The van der Waals surface area contributed by atoms with E-state index >= 15 is 0 Å². The van der Waals surface area contributed by atoms with E-state index in [1.165, 1.54) is 12.3 Å². The first-order valence-corrected chi connectivity index (χ1v) is 11.2. The fourth-order valence-corrected chi connectivity index (χ4v) is 4.87. The molecule has 0 spiro atoms. The van der Waals surface area contributed by atoms with E-state index in [1.807, 2.05) is 0 Å². The first kappa shape index (κ1) is 20.3. The van der Waals surface area contributed by atoms with Crippen LogP contribution in [0.3, 0.4) is 0 Å². The van der Waals surface area contributed by atoms with E-state index < -0.39 is 21.6 Å². The van der Waals surface area contributed by atoms with Crippen LogP contribution in [0.5, 0.6) is 0 Å². The maximum atomic E-state index is 13.1. The molecule has 5 rings (SSSR count). The van der Waals surface area contributed by atoms with Gasteiger partial charge in [-0.3, -0.25) is 4.40 Å². The van der Waals surface area contributed by atoms with Crippen LogP contribution in [0.2, 0.25) is 0 Å². The number of sulfone groups is 1. The summed E-state index contributed by atoms with van der Waals surface area (Å²) in [5.74, 6) is -0.365. The summed E-state index contributed by atoms with van der Waals surface area (Å²) in [6.07, 6.45) is -1.40. The number of pyridine rings is 1. The molecule has 3 heterocycles. The Bertz CT molecular complexity index is 1540. The van der Waals surface area contributed by atoms with Gasteiger partial charge in [-0.25, -0.2) is 18.4 Å². The predicted molar refractivity (Wildman–Crippen MR) is 113 cm³/mol.